The van der Waals surface area contributed by atoms with Gasteiger partial charge in [-0.05, 0) is 37.0 Å². The van der Waals surface area contributed by atoms with Gasteiger partial charge >= 0.3 is 0 Å². The summed E-state index contributed by atoms with van der Waals surface area (Å²) in [5.41, 5.74) is 2.01. The Kier molecular flexibility index (Phi) is 5.20. The van der Waals surface area contributed by atoms with Gasteiger partial charge in [-0.15, -0.1) is 0 Å². The number of benzene rings is 1. The van der Waals surface area contributed by atoms with Gasteiger partial charge in [-0.1, -0.05) is 39.3 Å². The van der Waals surface area contributed by atoms with Crippen LogP contribution in [0.1, 0.15) is 62.4 Å². The van der Waals surface area contributed by atoms with E-state index in [2.05, 4.69) is 26.1 Å². The average Bonchev–Trinajstić information content (AvgIpc) is 2.29. The molecule has 0 fully saturated rings. The van der Waals surface area contributed by atoms with Crippen LogP contribution in [0.5, 0.6) is 0 Å². The molecule has 2 heteroatoms. The van der Waals surface area contributed by atoms with Crippen molar-refractivity contribution in [1.29, 1.82) is 0 Å². The van der Waals surface area contributed by atoms with E-state index in [4.69, 9.17) is 0 Å². The van der Waals surface area contributed by atoms with Crippen LogP contribution >= 0.6 is 0 Å². The second-order valence-electron chi connectivity index (χ2n) is 4.94. The lowest BCUT2D eigenvalue weighted by molar-refractivity contribution is 0.0938. The highest BCUT2D eigenvalue weighted by atomic mass is 16.1. The van der Waals surface area contributed by atoms with E-state index in [1.165, 1.54) is 5.56 Å². The summed E-state index contributed by atoms with van der Waals surface area (Å²) in [4.78, 5) is 11.9. The number of hydrogen-bond acceptors (Lipinski definition) is 1. The van der Waals surface area contributed by atoms with Crippen LogP contribution in [-0.4, -0.2) is 11.9 Å². The highest BCUT2D eigenvalue weighted by Gasteiger charge is 2.09. The van der Waals surface area contributed by atoms with Crippen molar-refractivity contribution in [3.63, 3.8) is 0 Å². The summed E-state index contributed by atoms with van der Waals surface area (Å²) in [5, 5.41) is 3.01. The Hall–Kier alpha value is -1.31. The van der Waals surface area contributed by atoms with Crippen molar-refractivity contribution in [2.24, 2.45) is 0 Å². The summed E-state index contributed by atoms with van der Waals surface area (Å²) < 4.78 is 0. The normalized spacial score (nSPS) is 12.5. The summed E-state index contributed by atoms with van der Waals surface area (Å²) in [6, 6.07) is 8.12. The molecule has 1 rings (SSSR count). The largest absolute Gasteiger partial charge is 0.350 e. The van der Waals surface area contributed by atoms with Gasteiger partial charge in [-0.25, -0.2) is 0 Å². The lowest BCUT2D eigenvalue weighted by atomic mass is 10.0. The van der Waals surface area contributed by atoms with Crippen molar-refractivity contribution in [2.45, 2.75) is 52.5 Å². The summed E-state index contributed by atoms with van der Waals surface area (Å²) in [6.45, 7) is 8.47. The molecule has 0 saturated heterocycles. The second-order valence-corrected chi connectivity index (χ2v) is 4.94. The Morgan fingerprint density at radius 3 is 2.24 bits per heavy atom. The van der Waals surface area contributed by atoms with Gasteiger partial charge < -0.3 is 5.32 Å². The van der Waals surface area contributed by atoms with E-state index >= 15 is 0 Å². The topological polar surface area (TPSA) is 29.1 Å². The quantitative estimate of drug-likeness (QED) is 0.825. The smallest absolute Gasteiger partial charge is 0.251 e. The molecule has 0 aromatic heterocycles. The Bertz CT molecular complexity index is 354. The third kappa shape index (κ3) is 4.22. The summed E-state index contributed by atoms with van der Waals surface area (Å²) >= 11 is 0. The Morgan fingerprint density at radius 2 is 1.76 bits per heavy atom. The maximum absolute atomic E-state index is 11.9. The Morgan fingerprint density at radius 1 is 1.18 bits per heavy atom. The van der Waals surface area contributed by atoms with Crippen LogP contribution in [0.25, 0.3) is 0 Å². The molecule has 1 N–H and O–H groups in total. The molecule has 0 bridgehead atoms. The minimum Gasteiger partial charge on any atom is -0.350 e. The molecule has 0 radical (unpaired) electrons. The van der Waals surface area contributed by atoms with E-state index in [-0.39, 0.29) is 11.9 Å². The number of hydrogen-bond donors (Lipinski definition) is 1. The Labute approximate surface area is 104 Å². The van der Waals surface area contributed by atoms with Crippen molar-refractivity contribution in [3.05, 3.63) is 35.4 Å². The summed E-state index contributed by atoms with van der Waals surface area (Å²) in [6.07, 6.45) is 2.11. The third-order valence-corrected chi connectivity index (χ3v) is 2.94. The van der Waals surface area contributed by atoms with Gasteiger partial charge in [0.1, 0.15) is 0 Å². The van der Waals surface area contributed by atoms with Crippen molar-refractivity contribution in [3.8, 4) is 0 Å². The maximum Gasteiger partial charge on any atom is 0.251 e. The van der Waals surface area contributed by atoms with Gasteiger partial charge in [-0.3, -0.25) is 4.79 Å². The summed E-state index contributed by atoms with van der Waals surface area (Å²) in [5.74, 6) is 0.535. The van der Waals surface area contributed by atoms with Gasteiger partial charge in [-0.2, -0.15) is 0 Å². The molecule has 2 nitrogen and oxygen atoms in total. The predicted octanol–water partition coefficient (Wildman–Crippen LogP) is 3.73. The number of nitrogens with one attached hydrogen (secondary N) is 1. The SMILES string of the molecule is CCC[C@H](C)NC(=O)c1ccc(C(C)C)cc1. The van der Waals surface area contributed by atoms with E-state index in [0.29, 0.717) is 5.92 Å². The van der Waals surface area contributed by atoms with E-state index in [9.17, 15) is 4.79 Å². The fourth-order valence-electron chi connectivity index (χ4n) is 1.83. The number of amides is 1. The molecular weight excluding hydrogens is 210 g/mol. The first-order valence-electron chi connectivity index (χ1n) is 6.45. The van der Waals surface area contributed by atoms with Crippen molar-refractivity contribution in [2.75, 3.05) is 0 Å². The van der Waals surface area contributed by atoms with Gasteiger partial charge in [0.2, 0.25) is 0 Å². The van der Waals surface area contributed by atoms with Gasteiger partial charge in [0.25, 0.3) is 5.91 Å². The van der Waals surface area contributed by atoms with Crippen LogP contribution in [0.2, 0.25) is 0 Å². The zero-order valence-electron chi connectivity index (χ0n) is 11.3. The first-order valence-corrected chi connectivity index (χ1v) is 6.45. The fraction of sp³-hybridized carbons (Fsp3) is 0.533. The zero-order chi connectivity index (χ0) is 12.8. The number of carbonyl (C=O) groups is 1. The molecule has 1 amide bonds. The van der Waals surface area contributed by atoms with E-state index in [1.54, 1.807) is 0 Å². The summed E-state index contributed by atoms with van der Waals surface area (Å²) in [7, 11) is 0. The standard InChI is InChI=1S/C15H23NO/c1-5-6-12(4)16-15(17)14-9-7-13(8-10-14)11(2)3/h7-12H,5-6H2,1-4H3,(H,16,17)/t12-/m0/s1. The van der Waals surface area contributed by atoms with Crippen LogP contribution in [0.15, 0.2) is 24.3 Å². The molecule has 0 aliphatic rings. The molecular formula is C15H23NO. The van der Waals surface area contributed by atoms with E-state index in [1.807, 2.05) is 31.2 Å². The van der Waals surface area contributed by atoms with Crippen LogP contribution in [0.4, 0.5) is 0 Å². The van der Waals surface area contributed by atoms with Crippen LogP contribution in [-0.2, 0) is 0 Å². The van der Waals surface area contributed by atoms with Crippen LogP contribution in [0, 0.1) is 0 Å². The second kappa shape index (κ2) is 6.43. The van der Waals surface area contributed by atoms with Gasteiger partial charge in [0.15, 0.2) is 0 Å². The maximum atomic E-state index is 11.9. The molecule has 1 atom stereocenters. The van der Waals surface area contributed by atoms with E-state index < -0.39 is 0 Å². The van der Waals surface area contributed by atoms with Gasteiger partial charge in [0, 0.05) is 11.6 Å². The molecule has 0 saturated carbocycles. The first-order chi connectivity index (χ1) is 8.04. The van der Waals surface area contributed by atoms with Crippen LogP contribution < -0.4 is 5.32 Å². The van der Waals surface area contributed by atoms with Crippen LogP contribution in [0.3, 0.4) is 0 Å². The number of rotatable bonds is 5. The highest BCUT2D eigenvalue weighted by molar-refractivity contribution is 5.94. The zero-order valence-corrected chi connectivity index (χ0v) is 11.3. The molecule has 17 heavy (non-hydrogen) atoms. The van der Waals surface area contributed by atoms with E-state index in [0.717, 1.165) is 18.4 Å². The minimum absolute atomic E-state index is 0.0289. The van der Waals surface area contributed by atoms with Crippen molar-refractivity contribution >= 4 is 5.91 Å². The molecule has 0 aliphatic heterocycles. The molecule has 0 heterocycles. The Balaban J connectivity index is 2.63. The molecule has 0 aliphatic carbocycles. The van der Waals surface area contributed by atoms with Gasteiger partial charge in [0.05, 0.1) is 0 Å². The average molecular weight is 233 g/mol. The third-order valence-electron chi connectivity index (χ3n) is 2.94. The highest BCUT2D eigenvalue weighted by Crippen LogP contribution is 2.14. The minimum atomic E-state index is 0.0289. The lowest BCUT2D eigenvalue weighted by Gasteiger charge is -2.13. The molecule has 1 aromatic rings. The fourth-order valence-corrected chi connectivity index (χ4v) is 1.83. The van der Waals surface area contributed by atoms with Crippen molar-refractivity contribution < 1.29 is 4.79 Å². The molecule has 94 valence electrons. The number of carbonyl (C=O) groups excluding carboxylic acids is 1. The molecule has 0 spiro atoms. The molecule has 1 aromatic carbocycles. The predicted molar refractivity (Wildman–Crippen MR) is 72.4 cm³/mol. The monoisotopic (exact) mass is 233 g/mol. The lowest BCUT2D eigenvalue weighted by Crippen LogP contribution is -2.32. The van der Waals surface area contributed by atoms with Crippen molar-refractivity contribution in [1.82, 2.24) is 5.32 Å². The first kappa shape index (κ1) is 13.8. The molecule has 0 unspecified atom stereocenters.